The van der Waals surface area contributed by atoms with E-state index >= 15 is 0 Å². The second-order valence-electron chi connectivity index (χ2n) is 10.5. The number of carbonyl (C=O) groups excluding carboxylic acids is 1. The first-order valence-electron chi connectivity index (χ1n) is 14.7. The zero-order valence-corrected chi connectivity index (χ0v) is 26.4. The van der Waals surface area contributed by atoms with Gasteiger partial charge in [0, 0.05) is 18.7 Å². The van der Waals surface area contributed by atoms with E-state index in [4.69, 9.17) is 4.74 Å². The molecule has 3 rings (SSSR count). The highest BCUT2D eigenvalue weighted by Gasteiger charge is 2.12. The number of imidazole rings is 1. The second kappa shape index (κ2) is 18.9. The minimum Gasteiger partial charge on any atom is -1.00 e. The molecule has 1 aromatic heterocycles. The fourth-order valence-electron chi connectivity index (χ4n) is 4.79. The van der Waals surface area contributed by atoms with Gasteiger partial charge in [-0.25, -0.2) is 9.13 Å². The molecule has 3 aromatic rings. The predicted molar refractivity (Wildman–Crippen MR) is 157 cm³/mol. The van der Waals surface area contributed by atoms with Crippen LogP contribution in [0.2, 0.25) is 0 Å². The fourth-order valence-corrected chi connectivity index (χ4v) is 4.79. The molecule has 0 atom stereocenters. The summed E-state index contributed by atoms with van der Waals surface area (Å²) in [6, 6.07) is 15.8. The number of rotatable bonds is 18. The molecule has 0 unspecified atom stereocenters. The Labute approximate surface area is 253 Å². The standard InChI is InChI=1S/C33H47N3O2.HI/c1-4-5-6-7-8-9-10-11-12-13-14-15-25-38-32-21-19-29(20-22-32)26-33(37)34-30-17-16-18-31(27-30)36-24-23-35(3)28(36)2;/h16-24,27H,4-15,25-26H2,1-3H3;1H. The first-order chi connectivity index (χ1) is 18.6. The lowest BCUT2D eigenvalue weighted by atomic mass is 10.1. The predicted octanol–water partition coefficient (Wildman–Crippen LogP) is 4.88. The van der Waals surface area contributed by atoms with Crippen LogP contribution >= 0.6 is 0 Å². The van der Waals surface area contributed by atoms with Gasteiger partial charge in [0.2, 0.25) is 5.91 Å². The van der Waals surface area contributed by atoms with Gasteiger partial charge in [-0.15, -0.1) is 0 Å². The number of carbonyl (C=O) groups is 1. The number of nitrogens with one attached hydrogen (secondary N) is 1. The van der Waals surface area contributed by atoms with E-state index in [1.807, 2.05) is 68.0 Å². The average molecular weight is 646 g/mol. The Morgan fingerprint density at radius 2 is 1.49 bits per heavy atom. The maximum absolute atomic E-state index is 12.6. The molecule has 214 valence electrons. The Kier molecular flexibility index (Phi) is 15.9. The quantitative estimate of drug-likeness (QED) is 0.122. The van der Waals surface area contributed by atoms with Crippen molar-refractivity contribution in [2.24, 2.45) is 7.05 Å². The maximum Gasteiger partial charge on any atom is 0.258 e. The van der Waals surface area contributed by atoms with E-state index in [1.165, 1.54) is 70.6 Å². The van der Waals surface area contributed by atoms with Crippen molar-refractivity contribution in [1.82, 2.24) is 4.57 Å². The van der Waals surface area contributed by atoms with Gasteiger partial charge in [-0.2, -0.15) is 0 Å². The van der Waals surface area contributed by atoms with Crippen molar-refractivity contribution in [3.63, 3.8) is 0 Å². The number of benzene rings is 2. The summed E-state index contributed by atoms with van der Waals surface area (Å²) in [5.74, 6) is 1.97. The van der Waals surface area contributed by atoms with Crippen molar-refractivity contribution in [3.05, 3.63) is 72.3 Å². The van der Waals surface area contributed by atoms with E-state index in [1.54, 1.807) is 0 Å². The Bertz CT molecular complexity index is 1090. The van der Waals surface area contributed by atoms with Crippen LogP contribution in [0.15, 0.2) is 60.9 Å². The van der Waals surface area contributed by atoms with Gasteiger partial charge in [-0.3, -0.25) is 4.79 Å². The van der Waals surface area contributed by atoms with Crippen LogP contribution in [0.25, 0.3) is 5.69 Å². The number of hydrogen-bond donors (Lipinski definition) is 1. The molecule has 39 heavy (non-hydrogen) atoms. The summed E-state index contributed by atoms with van der Waals surface area (Å²) in [5.41, 5.74) is 2.80. The van der Waals surface area contributed by atoms with Crippen LogP contribution in [0, 0.1) is 6.92 Å². The van der Waals surface area contributed by atoms with Gasteiger partial charge in [0.05, 0.1) is 20.1 Å². The molecule has 0 aliphatic rings. The Morgan fingerprint density at radius 1 is 0.872 bits per heavy atom. The van der Waals surface area contributed by atoms with Gasteiger partial charge in [0.1, 0.15) is 23.8 Å². The van der Waals surface area contributed by atoms with Crippen molar-refractivity contribution in [2.45, 2.75) is 97.3 Å². The van der Waals surface area contributed by atoms with Crippen molar-refractivity contribution in [1.29, 1.82) is 0 Å². The van der Waals surface area contributed by atoms with E-state index < -0.39 is 0 Å². The maximum atomic E-state index is 12.6. The van der Waals surface area contributed by atoms with E-state index in [-0.39, 0.29) is 29.9 Å². The Balaban J connectivity index is 0.00000533. The van der Waals surface area contributed by atoms with E-state index in [2.05, 4.69) is 28.3 Å². The van der Waals surface area contributed by atoms with Crippen molar-refractivity contribution in [3.8, 4) is 11.4 Å². The molecule has 1 amide bonds. The molecule has 0 saturated heterocycles. The summed E-state index contributed by atoms with van der Waals surface area (Å²) in [6.45, 7) is 5.10. The highest BCUT2D eigenvalue weighted by Crippen LogP contribution is 2.18. The lowest BCUT2D eigenvalue weighted by molar-refractivity contribution is -0.677. The lowest BCUT2D eigenvalue weighted by Gasteiger charge is -2.09. The van der Waals surface area contributed by atoms with Crippen LogP contribution in [0.1, 0.15) is 95.4 Å². The number of hydrogen-bond acceptors (Lipinski definition) is 2. The van der Waals surface area contributed by atoms with Gasteiger partial charge in [-0.1, -0.05) is 95.8 Å². The first kappa shape index (κ1) is 32.9. The summed E-state index contributed by atoms with van der Waals surface area (Å²) in [4.78, 5) is 12.6. The third-order valence-electron chi connectivity index (χ3n) is 7.26. The number of halogens is 1. The molecule has 0 spiro atoms. The molecule has 0 fully saturated rings. The van der Waals surface area contributed by atoms with Crippen LogP contribution < -0.4 is 38.6 Å². The molecule has 0 saturated carbocycles. The number of ether oxygens (including phenoxy) is 1. The van der Waals surface area contributed by atoms with Gasteiger partial charge in [-0.05, 0) is 36.2 Å². The molecule has 1 heterocycles. The van der Waals surface area contributed by atoms with Crippen molar-refractivity contribution < 1.29 is 38.1 Å². The number of aryl methyl sites for hydroxylation is 1. The second-order valence-corrected chi connectivity index (χ2v) is 10.5. The minimum atomic E-state index is -0.0258. The number of amides is 1. The SMILES string of the molecule is CCCCCCCCCCCCCCOc1ccc(CC(=O)Nc2cccc(-n3cc[n+](C)c3C)c2)cc1.[I-]. The summed E-state index contributed by atoms with van der Waals surface area (Å²) in [5, 5.41) is 3.03. The van der Waals surface area contributed by atoms with E-state index in [9.17, 15) is 4.79 Å². The molecule has 1 N–H and O–H groups in total. The third kappa shape index (κ3) is 12.1. The smallest absolute Gasteiger partial charge is 0.258 e. The lowest BCUT2D eigenvalue weighted by Crippen LogP contribution is -3.00. The summed E-state index contributed by atoms with van der Waals surface area (Å²) in [7, 11) is 2.02. The normalized spacial score (nSPS) is 10.7. The highest BCUT2D eigenvalue weighted by molar-refractivity contribution is 5.92. The summed E-state index contributed by atoms with van der Waals surface area (Å²) in [6.07, 6.45) is 20.5. The van der Waals surface area contributed by atoms with Gasteiger partial charge in [0.15, 0.2) is 0 Å². The zero-order chi connectivity index (χ0) is 27.0. The average Bonchev–Trinajstić information content (AvgIpc) is 3.25. The fraction of sp³-hybridized carbons (Fsp3) is 0.515. The number of aromatic nitrogens is 2. The Hall–Kier alpha value is -2.35. The Morgan fingerprint density at radius 3 is 2.08 bits per heavy atom. The molecule has 0 bridgehead atoms. The van der Waals surface area contributed by atoms with Gasteiger partial charge in [0.25, 0.3) is 5.82 Å². The highest BCUT2D eigenvalue weighted by atomic mass is 127. The first-order valence-corrected chi connectivity index (χ1v) is 14.7. The van der Waals surface area contributed by atoms with Crippen LogP contribution in [0.4, 0.5) is 5.69 Å². The molecule has 6 heteroatoms. The van der Waals surface area contributed by atoms with Crippen molar-refractivity contribution >= 4 is 11.6 Å². The molecular formula is C33H48IN3O2. The molecule has 5 nitrogen and oxygen atoms in total. The summed E-state index contributed by atoms with van der Waals surface area (Å²) >= 11 is 0. The minimum absolute atomic E-state index is 0. The van der Waals surface area contributed by atoms with Crippen LogP contribution in [0.5, 0.6) is 5.75 Å². The van der Waals surface area contributed by atoms with Crippen LogP contribution in [0.3, 0.4) is 0 Å². The number of unbranched alkanes of at least 4 members (excludes halogenated alkanes) is 11. The number of anilines is 1. The number of nitrogens with zero attached hydrogens (tertiary/aromatic N) is 2. The monoisotopic (exact) mass is 645 g/mol. The topological polar surface area (TPSA) is 47.1 Å². The molecule has 0 radical (unpaired) electrons. The molecular weight excluding hydrogens is 597 g/mol. The van der Waals surface area contributed by atoms with Gasteiger partial charge >= 0.3 is 0 Å². The van der Waals surface area contributed by atoms with Crippen LogP contribution in [-0.4, -0.2) is 17.1 Å². The van der Waals surface area contributed by atoms with E-state index in [0.29, 0.717) is 6.42 Å². The van der Waals surface area contributed by atoms with Crippen molar-refractivity contribution in [2.75, 3.05) is 11.9 Å². The molecule has 0 aliphatic carbocycles. The summed E-state index contributed by atoms with van der Waals surface area (Å²) < 4.78 is 10.1. The zero-order valence-electron chi connectivity index (χ0n) is 24.3. The molecule has 2 aromatic carbocycles. The molecule has 0 aliphatic heterocycles. The van der Waals surface area contributed by atoms with Crippen LogP contribution in [-0.2, 0) is 18.3 Å². The van der Waals surface area contributed by atoms with E-state index in [0.717, 1.165) is 41.5 Å². The largest absolute Gasteiger partial charge is 1.00 e. The third-order valence-corrected chi connectivity index (χ3v) is 7.26. The van der Waals surface area contributed by atoms with Gasteiger partial charge < -0.3 is 34.0 Å².